The fourth-order valence-corrected chi connectivity index (χ4v) is 5.02. The summed E-state index contributed by atoms with van der Waals surface area (Å²) in [5, 5.41) is 10.2. The molecule has 1 saturated carbocycles. The molecule has 3 aliphatic rings. The molecule has 8 heteroatoms. The van der Waals surface area contributed by atoms with Crippen LogP contribution >= 0.6 is 0 Å². The van der Waals surface area contributed by atoms with Crippen molar-refractivity contribution in [1.82, 2.24) is 25.2 Å². The second kappa shape index (κ2) is 7.17. The van der Waals surface area contributed by atoms with Gasteiger partial charge in [-0.1, -0.05) is 18.6 Å². The van der Waals surface area contributed by atoms with E-state index in [1.807, 2.05) is 17.0 Å². The Kier molecular flexibility index (Phi) is 4.49. The first-order valence-electron chi connectivity index (χ1n) is 10.2. The Morgan fingerprint density at radius 3 is 2.55 bits per heavy atom. The van der Waals surface area contributed by atoms with Crippen molar-refractivity contribution in [3.63, 3.8) is 0 Å². The number of nitrogens with zero attached hydrogens (tertiary/aromatic N) is 4. The summed E-state index contributed by atoms with van der Waals surface area (Å²) in [6.45, 7) is 1.98. The first-order valence-corrected chi connectivity index (χ1v) is 10.2. The average molecular weight is 395 g/mol. The maximum absolute atomic E-state index is 13.2. The molecule has 2 aromatic rings. The number of nitrogens with one attached hydrogen (secondary N) is 1. The molecule has 2 aliphatic heterocycles. The number of aromatic nitrogens is 3. The van der Waals surface area contributed by atoms with Crippen molar-refractivity contribution in [1.29, 1.82) is 0 Å². The van der Waals surface area contributed by atoms with E-state index in [9.17, 15) is 9.59 Å². The van der Waals surface area contributed by atoms with E-state index >= 15 is 0 Å². The van der Waals surface area contributed by atoms with Crippen LogP contribution in [0.2, 0.25) is 0 Å². The molecule has 0 unspecified atom stereocenters. The van der Waals surface area contributed by atoms with E-state index in [4.69, 9.17) is 4.74 Å². The molecule has 8 nitrogen and oxygen atoms in total. The number of hydrogen-bond acceptors (Lipinski definition) is 5. The Labute approximate surface area is 169 Å². The molecule has 3 fully saturated rings. The summed E-state index contributed by atoms with van der Waals surface area (Å²) in [5.41, 5.74) is 1.45. The molecule has 3 heterocycles. The summed E-state index contributed by atoms with van der Waals surface area (Å²) in [5.74, 6) is 1.65. The molecular weight excluding hydrogens is 370 g/mol. The van der Waals surface area contributed by atoms with E-state index in [1.165, 1.54) is 6.20 Å². The lowest BCUT2D eigenvalue weighted by Crippen LogP contribution is -2.41. The van der Waals surface area contributed by atoms with Crippen molar-refractivity contribution < 1.29 is 14.3 Å². The Morgan fingerprint density at radius 1 is 1.14 bits per heavy atom. The van der Waals surface area contributed by atoms with Gasteiger partial charge < -0.3 is 14.5 Å². The summed E-state index contributed by atoms with van der Waals surface area (Å²) in [6, 6.07) is 7.99. The third-order valence-corrected chi connectivity index (χ3v) is 6.78. The van der Waals surface area contributed by atoms with Gasteiger partial charge in [0.25, 0.3) is 5.91 Å². The minimum atomic E-state index is -0.0986. The average Bonchev–Trinajstić information content (AvgIpc) is 3.42. The summed E-state index contributed by atoms with van der Waals surface area (Å²) >= 11 is 0. The summed E-state index contributed by atoms with van der Waals surface area (Å²) in [7, 11) is 1.65. The van der Waals surface area contributed by atoms with Crippen LogP contribution < -0.4 is 4.74 Å². The van der Waals surface area contributed by atoms with Crippen molar-refractivity contribution in [3.8, 4) is 5.75 Å². The lowest BCUT2D eigenvalue weighted by atomic mass is 9.83. The molecular formula is C21H25N5O3. The highest BCUT2D eigenvalue weighted by Crippen LogP contribution is 2.47. The summed E-state index contributed by atoms with van der Waals surface area (Å²) in [6.07, 6.45) is 4.60. The monoisotopic (exact) mass is 395 g/mol. The number of aromatic amines is 1. The topological polar surface area (TPSA) is 91.4 Å². The second-order valence-electron chi connectivity index (χ2n) is 8.33. The number of fused-ring (bicyclic) bond motifs is 1. The van der Waals surface area contributed by atoms with E-state index in [2.05, 4.69) is 32.4 Å². The quantitative estimate of drug-likeness (QED) is 0.854. The second-order valence-corrected chi connectivity index (χ2v) is 8.33. The van der Waals surface area contributed by atoms with Gasteiger partial charge in [-0.25, -0.2) is 0 Å². The fraction of sp³-hybridized carbons (Fsp3) is 0.524. The van der Waals surface area contributed by atoms with Crippen LogP contribution in [0.1, 0.15) is 41.4 Å². The zero-order valence-electron chi connectivity index (χ0n) is 16.5. The highest BCUT2D eigenvalue weighted by Gasteiger charge is 2.51. The van der Waals surface area contributed by atoms with Gasteiger partial charge in [-0.05, 0) is 30.5 Å². The lowest BCUT2D eigenvalue weighted by Gasteiger charge is -2.35. The van der Waals surface area contributed by atoms with Crippen LogP contribution in [0.15, 0.2) is 30.5 Å². The molecule has 0 spiro atoms. The molecule has 2 saturated heterocycles. The molecule has 152 valence electrons. The molecule has 0 bridgehead atoms. The molecule has 3 atom stereocenters. The Morgan fingerprint density at radius 2 is 1.93 bits per heavy atom. The van der Waals surface area contributed by atoms with Crippen molar-refractivity contribution in [3.05, 3.63) is 41.7 Å². The molecule has 1 N–H and O–H groups in total. The van der Waals surface area contributed by atoms with E-state index in [1.54, 1.807) is 7.11 Å². The molecule has 29 heavy (non-hydrogen) atoms. The number of carbonyl (C=O) groups is 2. The minimum Gasteiger partial charge on any atom is -0.497 e. The number of likely N-dealkylation sites (tertiary alicyclic amines) is 2. The number of benzene rings is 1. The largest absolute Gasteiger partial charge is 0.497 e. The van der Waals surface area contributed by atoms with Crippen molar-refractivity contribution in [2.45, 2.75) is 25.3 Å². The third kappa shape index (κ3) is 3.07. The van der Waals surface area contributed by atoms with Gasteiger partial charge >= 0.3 is 0 Å². The van der Waals surface area contributed by atoms with Crippen LogP contribution in [0.3, 0.4) is 0 Å². The number of rotatable bonds is 4. The van der Waals surface area contributed by atoms with Crippen LogP contribution in [0, 0.1) is 17.8 Å². The number of amides is 2. The third-order valence-electron chi connectivity index (χ3n) is 6.78. The Hall–Kier alpha value is -2.90. The van der Waals surface area contributed by atoms with E-state index in [0.29, 0.717) is 25.3 Å². The number of methoxy groups -OCH3 is 1. The van der Waals surface area contributed by atoms with Crippen molar-refractivity contribution in [2.24, 2.45) is 17.8 Å². The van der Waals surface area contributed by atoms with Gasteiger partial charge in [0.2, 0.25) is 5.91 Å². The minimum absolute atomic E-state index is 0.00545. The van der Waals surface area contributed by atoms with Gasteiger partial charge in [0.1, 0.15) is 5.75 Å². The van der Waals surface area contributed by atoms with E-state index in [0.717, 1.165) is 30.6 Å². The first kappa shape index (κ1) is 18.1. The normalized spacial score (nSPS) is 26.3. The maximum Gasteiger partial charge on any atom is 0.276 e. The molecule has 0 radical (unpaired) electrons. The van der Waals surface area contributed by atoms with Gasteiger partial charge in [-0.3, -0.25) is 9.59 Å². The summed E-state index contributed by atoms with van der Waals surface area (Å²) in [4.78, 5) is 29.9. The van der Waals surface area contributed by atoms with Crippen LogP contribution in [0.4, 0.5) is 0 Å². The molecule has 1 aliphatic carbocycles. The number of hydrogen-bond donors (Lipinski definition) is 1. The predicted octanol–water partition coefficient (Wildman–Crippen LogP) is 1.89. The zero-order valence-corrected chi connectivity index (χ0v) is 16.5. The van der Waals surface area contributed by atoms with Crippen molar-refractivity contribution >= 4 is 11.8 Å². The fourth-order valence-electron chi connectivity index (χ4n) is 5.02. The van der Waals surface area contributed by atoms with Crippen LogP contribution in [0.25, 0.3) is 0 Å². The number of ether oxygens (including phenoxy) is 1. The Bertz CT molecular complexity index is 894. The standard InChI is InChI=1S/C21H25N5O3/c1-29-16-7-5-13(6-8-16)19-17-12-25(21(28)18-9-22-24-23-18)10-15(17)11-26(19)20(27)14-3-2-4-14/h5-9,14-15,17,19H,2-4,10-12H2,1H3,(H,22,23,24)/t15-,17-,19-/m0/s1. The van der Waals surface area contributed by atoms with Gasteiger partial charge in [-0.15, -0.1) is 0 Å². The lowest BCUT2D eigenvalue weighted by molar-refractivity contribution is -0.139. The van der Waals surface area contributed by atoms with Crippen molar-refractivity contribution in [2.75, 3.05) is 26.7 Å². The zero-order chi connectivity index (χ0) is 20.0. The maximum atomic E-state index is 13.2. The molecule has 1 aromatic carbocycles. The number of H-pyrrole nitrogens is 1. The Balaban J connectivity index is 1.41. The smallest absolute Gasteiger partial charge is 0.276 e. The SMILES string of the molecule is COc1ccc([C@H]2[C@H]3CN(C(=O)c4cn[nH]n4)C[C@H]3CN2C(=O)C2CCC2)cc1. The highest BCUT2D eigenvalue weighted by molar-refractivity contribution is 5.92. The van der Waals surface area contributed by atoms with Crippen LogP contribution in [-0.2, 0) is 4.79 Å². The van der Waals surface area contributed by atoms with Gasteiger partial charge in [-0.2, -0.15) is 15.4 Å². The first-order chi connectivity index (χ1) is 14.2. The number of carbonyl (C=O) groups excluding carboxylic acids is 2. The molecule has 1 aromatic heterocycles. The predicted molar refractivity (Wildman–Crippen MR) is 104 cm³/mol. The van der Waals surface area contributed by atoms with Crippen LogP contribution in [-0.4, -0.2) is 63.8 Å². The van der Waals surface area contributed by atoms with Gasteiger partial charge in [0.15, 0.2) is 5.69 Å². The van der Waals surface area contributed by atoms with Gasteiger partial charge in [0.05, 0.1) is 19.3 Å². The van der Waals surface area contributed by atoms with E-state index in [-0.39, 0.29) is 35.6 Å². The molecule has 5 rings (SSSR count). The van der Waals surface area contributed by atoms with Crippen LogP contribution in [0.5, 0.6) is 5.75 Å². The highest BCUT2D eigenvalue weighted by atomic mass is 16.5. The van der Waals surface area contributed by atoms with E-state index < -0.39 is 0 Å². The van der Waals surface area contributed by atoms with Gasteiger partial charge in [0, 0.05) is 37.4 Å². The molecule has 2 amide bonds. The summed E-state index contributed by atoms with van der Waals surface area (Å²) < 4.78 is 5.30.